The summed E-state index contributed by atoms with van der Waals surface area (Å²) < 4.78 is 12.0. The number of carbonyl (C=O) groups is 2. The zero-order valence-corrected chi connectivity index (χ0v) is 19.0. The second-order valence-electron chi connectivity index (χ2n) is 7.71. The molecule has 1 amide bonds. The predicted molar refractivity (Wildman–Crippen MR) is 125 cm³/mol. The third kappa shape index (κ3) is 5.78. The zero-order chi connectivity index (χ0) is 23.2. The van der Waals surface area contributed by atoms with Crippen molar-refractivity contribution < 1.29 is 19.1 Å². The standard InChI is InChI=1S/C24H25ClN4O4/c1-17-22(23(25)29(27-17)20-5-3-2-4-6-20)24(31)33-16-21(30)26-19-9-7-18(8-10-19)15-28-11-13-32-14-12-28/h2-10H,11-16H2,1H3,(H,26,30). The summed E-state index contributed by atoms with van der Waals surface area (Å²) in [6.45, 7) is 5.41. The minimum absolute atomic E-state index is 0.139. The number of morpholine rings is 1. The molecule has 3 aromatic rings. The first-order valence-corrected chi connectivity index (χ1v) is 11.1. The number of aryl methyl sites for hydroxylation is 1. The van der Waals surface area contributed by atoms with Crippen molar-refractivity contribution in [2.75, 3.05) is 38.2 Å². The maximum Gasteiger partial charge on any atom is 0.343 e. The molecule has 1 N–H and O–H groups in total. The van der Waals surface area contributed by atoms with Crippen molar-refractivity contribution in [3.63, 3.8) is 0 Å². The Morgan fingerprint density at radius 3 is 2.48 bits per heavy atom. The van der Waals surface area contributed by atoms with Crippen LogP contribution in [0.4, 0.5) is 5.69 Å². The molecule has 9 heteroatoms. The minimum Gasteiger partial charge on any atom is -0.452 e. The topological polar surface area (TPSA) is 85.7 Å². The number of benzene rings is 2. The van der Waals surface area contributed by atoms with E-state index in [2.05, 4.69) is 15.3 Å². The van der Waals surface area contributed by atoms with Crippen LogP contribution in [0.15, 0.2) is 54.6 Å². The van der Waals surface area contributed by atoms with Crippen LogP contribution in [0, 0.1) is 6.92 Å². The van der Waals surface area contributed by atoms with E-state index in [9.17, 15) is 9.59 Å². The molecule has 1 aromatic heterocycles. The van der Waals surface area contributed by atoms with E-state index in [-0.39, 0.29) is 10.7 Å². The van der Waals surface area contributed by atoms with Gasteiger partial charge in [-0.05, 0) is 36.8 Å². The number of halogens is 1. The molecular weight excluding hydrogens is 444 g/mol. The molecule has 172 valence electrons. The molecule has 0 unspecified atom stereocenters. The Hall–Kier alpha value is -3.20. The van der Waals surface area contributed by atoms with Crippen molar-refractivity contribution in [1.82, 2.24) is 14.7 Å². The van der Waals surface area contributed by atoms with Gasteiger partial charge in [-0.1, -0.05) is 41.9 Å². The third-order valence-corrected chi connectivity index (χ3v) is 5.64. The number of rotatable bonds is 7. The van der Waals surface area contributed by atoms with Gasteiger partial charge in [0.15, 0.2) is 6.61 Å². The summed E-state index contributed by atoms with van der Waals surface area (Å²) >= 11 is 6.38. The maximum atomic E-state index is 12.6. The largest absolute Gasteiger partial charge is 0.452 e. The summed E-state index contributed by atoms with van der Waals surface area (Å²) in [7, 11) is 0. The van der Waals surface area contributed by atoms with Crippen LogP contribution in [0.2, 0.25) is 5.15 Å². The van der Waals surface area contributed by atoms with Gasteiger partial charge in [-0.25, -0.2) is 9.48 Å². The number of anilines is 1. The highest BCUT2D eigenvalue weighted by atomic mass is 35.5. The Kier molecular flexibility index (Phi) is 7.39. The van der Waals surface area contributed by atoms with Gasteiger partial charge < -0.3 is 14.8 Å². The first-order valence-electron chi connectivity index (χ1n) is 10.7. The SMILES string of the molecule is Cc1nn(-c2ccccc2)c(Cl)c1C(=O)OCC(=O)Nc1ccc(CN2CCOCC2)cc1. The lowest BCUT2D eigenvalue weighted by molar-refractivity contribution is -0.119. The van der Waals surface area contributed by atoms with E-state index in [1.165, 1.54) is 4.68 Å². The smallest absolute Gasteiger partial charge is 0.343 e. The molecule has 0 saturated carbocycles. The van der Waals surface area contributed by atoms with Crippen LogP contribution < -0.4 is 5.32 Å². The van der Waals surface area contributed by atoms with Crippen molar-refractivity contribution >= 4 is 29.2 Å². The van der Waals surface area contributed by atoms with Gasteiger partial charge in [0.1, 0.15) is 10.7 Å². The van der Waals surface area contributed by atoms with Crippen molar-refractivity contribution in [3.8, 4) is 5.69 Å². The number of carbonyl (C=O) groups excluding carboxylic acids is 2. The van der Waals surface area contributed by atoms with Gasteiger partial charge in [0, 0.05) is 25.3 Å². The van der Waals surface area contributed by atoms with Crippen molar-refractivity contribution in [2.45, 2.75) is 13.5 Å². The summed E-state index contributed by atoms with van der Waals surface area (Å²) in [5.41, 5.74) is 3.07. The number of aromatic nitrogens is 2. The Morgan fingerprint density at radius 2 is 1.79 bits per heavy atom. The molecule has 2 heterocycles. The molecule has 1 aliphatic heterocycles. The molecule has 0 atom stereocenters. The second kappa shape index (κ2) is 10.6. The molecule has 8 nitrogen and oxygen atoms in total. The van der Waals surface area contributed by atoms with Crippen molar-refractivity contribution in [3.05, 3.63) is 76.6 Å². The first kappa shape index (κ1) is 23.0. The van der Waals surface area contributed by atoms with E-state index in [0.29, 0.717) is 11.4 Å². The molecule has 1 aliphatic rings. The highest BCUT2D eigenvalue weighted by Gasteiger charge is 2.23. The molecule has 0 radical (unpaired) electrons. The summed E-state index contributed by atoms with van der Waals surface area (Å²) in [5, 5.41) is 7.19. The molecule has 0 bridgehead atoms. The Bertz CT molecular complexity index is 1110. The number of nitrogens with zero attached hydrogens (tertiary/aromatic N) is 3. The first-order chi connectivity index (χ1) is 16.0. The Labute approximate surface area is 197 Å². The van der Waals surface area contributed by atoms with Gasteiger partial charge in [-0.15, -0.1) is 0 Å². The quantitative estimate of drug-likeness (QED) is 0.534. The maximum absolute atomic E-state index is 12.6. The van der Waals surface area contributed by atoms with Crippen LogP contribution in [0.25, 0.3) is 5.69 Å². The molecule has 0 aliphatic carbocycles. The van der Waals surface area contributed by atoms with E-state index in [4.69, 9.17) is 21.1 Å². The fourth-order valence-corrected chi connectivity index (χ4v) is 3.93. The fraction of sp³-hybridized carbons (Fsp3) is 0.292. The van der Waals surface area contributed by atoms with E-state index < -0.39 is 18.5 Å². The van der Waals surface area contributed by atoms with Crippen LogP contribution in [-0.4, -0.2) is 59.5 Å². The van der Waals surface area contributed by atoms with Gasteiger partial charge in [-0.3, -0.25) is 9.69 Å². The monoisotopic (exact) mass is 468 g/mol. The van der Waals surface area contributed by atoms with E-state index in [1.807, 2.05) is 54.6 Å². The summed E-state index contributed by atoms with van der Waals surface area (Å²) in [4.78, 5) is 27.2. The lowest BCUT2D eigenvalue weighted by Crippen LogP contribution is -2.35. The van der Waals surface area contributed by atoms with Crippen LogP contribution in [0.5, 0.6) is 0 Å². The summed E-state index contributed by atoms with van der Waals surface area (Å²) in [6.07, 6.45) is 0. The van der Waals surface area contributed by atoms with Crippen molar-refractivity contribution in [1.29, 1.82) is 0 Å². The number of nitrogens with one attached hydrogen (secondary N) is 1. The molecule has 1 fully saturated rings. The average Bonchev–Trinajstić information content (AvgIpc) is 3.14. The number of esters is 1. The normalized spacial score (nSPS) is 14.1. The van der Waals surface area contributed by atoms with Crippen LogP contribution in [0.1, 0.15) is 21.6 Å². The van der Waals surface area contributed by atoms with E-state index in [1.54, 1.807) is 6.92 Å². The Balaban J connectivity index is 1.31. The molecule has 1 saturated heterocycles. The van der Waals surface area contributed by atoms with Crippen molar-refractivity contribution in [2.24, 2.45) is 0 Å². The molecule has 4 rings (SSSR count). The predicted octanol–water partition coefficient (Wildman–Crippen LogP) is 3.46. The average molecular weight is 469 g/mol. The number of amides is 1. The summed E-state index contributed by atoms with van der Waals surface area (Å²) in [6, 6.07) is 16.8. The lowest BCUT2D eigenvalue weighted by Gasteiger charge is -2.26. The zero-order valence-electron chi connectivity index (χ0n) is 18.3. The van der Waals surface area contributed by atoms with Gasteiger partial charge in [0.05, 0.1) is 24.6 Å². The van der Waals surface area contributed by atoms with Gasteiger partial charge in [0.25, 0.3) is 5.91 Å². The Morgan fingerprint density at radius 1 is 1.09 bits per heavy atom. The molecule has 2 aromatic carbocycles. The number of hydrogen-bond donors (Lipinski definition) is 1. The lowest BCUT2D eigenvalue weighted by atomic mass is 10.2. The summed E-state index contributed by atoms with van der Waals surface area (Å²) in [5.74, 6) is -1.14. The molecule has 33 heavy (non-hydrogen) atoms. The van der Waals surface area contributed by atoms with Crippen LogP contribution in [0.3, 0.4) is 0 Å². The number of hydrogen-bond acceptors (Lipinski definition) is 6. The van der Waals surface area contributed by atoms with Crippen LogP contribution >= 0.6 is 11.6 Å². The second-order valence-corrected chi connectivity index (χ2v) is 8.07. The van der Waals surface area contributed by atoms with Gasteiger partial charge in [-0.2, -0.15) is 5.10 Å². The fourth-order valence-electron chi connectivity index (χ4n) is 3.58. The highest BCUT2D eigenvalue weighted by molar-refractivity contribution is 6.33. The van der Waals surface area contributed by atoms with E-state index >= 15 is 0 Å². The number of para-hydroxylation sites is 1. The highest BCUT2D eigenvalue weighted by Crippen LogP contribution is 2.24. The van der Waals surface area contributed by atoms with Crippen LogP contribution in [-0.2, 0) is 20.8 Å². The molecular formula is C24H25ClN4O4. The third-order valence-electron chi connectivity index (χ3n) is 5.29. The van der Waals surface area contributed by atoms with Gasteiger partial charge in [0.2, 0.25) is 0 Å². The van der Waals surface area contributed by atoms with Gasteiger partial charge >= 0.3 is 5.97 Å². The van der Waals surface area contributed by atoms with E-state index in [0.717, 1.165) is 44.1 Å². The number of ether oxygens (including phenoxy) is 2. The minimum atomic E-state index is -0.698. The molecule has 0 spiro atoms.